The minimum absolute atomic E-state index is 1.22. The Labute approximate surface area is 39.0 Å². The molecule has 0 unspecified atom stereocenters. The molecule has 0 aromatic carbocycles. The highest BCUT2D eigenvalue weighted by Crippen LogP contribution is 2.00. The van der Waals surface area contributed by atoms with Gasteiger partial charge in [0.05, 0.1) is 0 Å². The zero-order valence-corrected chi connectivity index (χ0v) is 4.15. The van der Waals surface area contributed by atoms with Crippen LogP contribution in [-0.2, 0) is 0 Å². The molecule has 1 fully saturated rings. The zero-order valence-electron chi connectivity index (χ0n) is 4.15. The Morgan fingerprint density at radius 2 is 2.33 bits per heavy atom. The van der Waals surface area contributed by atoms with Crippen LogP contribution in [0.15, 0.2) is 0 Å². The third-order valence-electron chi connectivity index (χ3n) is 1.22. The molecule has 0 aromatic heterocycles. The molecule has 35 valence electrons. The molecule has 0 spiro atoms. The first-order valence-electron chi connectivity index (χ1n) is 2.47. The topological polar surface area (TPSA) is 3.24 Å². The van der Waals surface area contributed by atoms with Crippen molar-refractivity contribution in [1.29, 1.82) is 0 Å². The molecule has 0 saturated carbocycles. The van der Waals surface area contributed by atoms with E-state index in [-0.39, 0.29) is 0 Å². The minimum Gasteiger partial charge on any atom is -0.303 e. The lowest BCUT2D eigenvalue weighted by Crippen LogP contribution is -2.37. The van der Waals surface area contributed by atoms with Crippen LogP contribution < -0.4 is 0 Å². The SMILES string of the molecule is CCN1C[CH]C1. The monoisotopic (exact) mass is 84.1 g/mol. The Balaban J connectivity index is 2.01. The fourth-order valence-corrected chi connectivity index (χ4v) is 0.570. The second-order valence-electron chi connectivity index (χ2n) is 1.64. The summed E-state index contributed by atoms with van der Waals surface area (Å²) < 4.78 is 0. The fourth-order valence-electron chi connectivity index (χ4n) is 0.570. The summed E-state index contributed by atoms with van der Waals surface area (Å²) in [6.45, 7) is 5.84. The van der Waals surface area contributed by atoms with E-state index in [2.05, 4.69) is 18.2 Å². The summed E-state index contributed by atoms with van der Waals surface area (Å²) >= 11 is 0. The maximum atomic E-state index is 2.38. The Hall–Kier alpha value is -0.0400. The molecule has 0 aromatic rings. The first kappa shape index (κ1) is 4.13. The molecule has 1 heteroatoms. The van der Waals surface area contributed by atoms with Crippen molar-refractivity contribution >= 4 is 0 Å². The van der Waals surface area contributed by atoms with E-state index in [0.717, 1.165) is 0 Å². The van der Waals surface area contributed by atoms with E-state index in [4.69, 9.17) is 0 Å². The van der Waals surface area contributed by atoms with E-state index < -0.39 is 0 Å². The van der Waals surface area contributed by atoms with E-state index in [0.29, 0.717) is 0 Å². The molecular weight excluding hydrogens is 74.1 g/mol. The third kappa shape index (κ3) is 0.548. The number of hydrogen-bond acceptors (Lipinski definition) is 1. The molecule has 1 radical (unpaired) electrons. The molecule has 1 heterocycles. The van der Waals surface area contributed by atoms with E-state index in [1.165, 1.54) is 19.6 Å². The summed E-state index contributed by atoms with van der Waals surface area (Å²) in [6, 6.07) is 0. The van der Waals surface area contributed by atoms with Crippen LogP contribution in [0.2, 0.25) is 0 Å². The lowest BCUT2D eigenvalue weighted by atomic mass is 10.2. The van der Waals surface area contributed by atoms with Gasteiger partial charge in [0, 0.05) is 13.1 Å². The van der Waals surface area contributed by atoms with E-state index in [9.17, 15) is 0 Å². The van der Waals surface area contributed by atoms with Crippen LogP contribution in [0.3, 0.4) is 0 Å². The predicted molar refractivity (Wildman–Crippen MR) is 26.4 cm³/mol. The van der Waals surface area contributed by atoms with Crippen LogP contribution in [0, 0.1) is 6.42 Å². The van der Waals surface area contributed by atoms with Crippen LogP contribution in [0.25, 0.3) is 0 Å². The van der Waals surface area contributed by atoms with Crippen molar-refractivity contribution in [3.05, 3.63) is 6.42 Å². The highest BCUT2D eigenvalue weighted by atomic mass is 15.2. The van der Waals surface area contributed by atoms with Gasteiger partial charge in [-0.15, -0.1) is 0 Å². The first-order valence-corrected chi connectivity index (χ1v) is 2.47. The zero-order chi connectivity index (χ0) is 4.41. The van der Waals surface area contributed by atoms with Gasteiger partial charge < -0.3 is 4.90 Å². The molecule has 0 bridgehead atoms. The van der Waals surface area contributed by atoms with Crippen molar-refractivity contribution in [3.8, 4) is 0 Å². The number of likely N-dealkylation sites (tertiary alicyclic amines) is 1. The summed E-state index contributed by atoms with van der Waals surface area (Å²) in [4.78, 5) is 2.38. The van der Waals surface area contributed by atoms with E-state index in [1.807, 2.05) is 0 Å². The highest BCUT2D eigenvalue weighted by Gasteiger charge is 2.09. The summed E-state index contributed by atoms with van der Waals surface area (Å²) in [7, 11) is 0. The minimum atomic E-state index is 1.22. The second-order valence-corrected chi connectivity index (χ2v) is 1.64. The van der Waals surface area contributed by atoms with Gasteiger partial charge in [-0.05, 0) is 13.0 Å². The molecule has 1 rings (SSSR count). The van der Waals surface area contributed by atoms with Crippen molar-refractivity contribution in [2.45, 2.75) is 6.92 Å². The van der Waals surface area contributed by atoms with Gasteiger partial charge in [0.1, 0.15) is 0 Å². The Bertz CT molecular complexity index is 36.4. The van der Waals surface area contributed by atoms with Gasteiger partial charge >= 0.3 is 0 Å². The molecule has 1 nitrogen and oxygen atoms in total. The molecule has 1 aliphatic rings. The van der Waals surface area contributed by atoms with Gasteiger partial charge in [0.15, 0.2) is 0 Å². The first-order chi connectivity index (χ1) is 2.93. The molecule has 6 heavy (non-hydrogen) atoms. The van der Waals surface area contributed by atoms with Crippen molar-refractivity contribution in [2.75, 3.05) is 19.6 Å². The molecular formula is C5H10N. The van der Waals surface area contributed by atoms with E-state index in [1.54, 1.807) is 0 Å². The lowest BCUT2D eigenvalue weighted by molar-refractivity contribution is 0.258. The largest absolute Gasteiger partial charge is 0.303 e. The van der Waals surface area contributed by atoms with E-state index >= 15 is 0 Å². The van der Waals surface area contributed by atoms with Crippen LogP contribution in [0.1, 0.15) is 6.92 Å². The molecule has 0 aliphatic carbocycles. The van der Waals surface area contributed by atoms with Gasteiger partial charge in [-0.25, -0.2) is 0 Å². The Kier molecular flexibility index (Phi) is 1.10. The van der Waals surface area contributed by atoms with Crippen LogP contribution >= 0.6 is 0 Å². The molecule has 0 amide bonds. The smallest absolute Gasteiger partial charge is 0.00255 e. The van der Waals surface area contributed by atoms with Crippen molar-refractivity contribution in [3.63, 3.8) is 0 Å². The number of rotatable bonds is 1. The van der Waals surface area contributed by atoms with Crippen molar-refractivity contribution in [1.82, 2.24) is 4.90 Å². The van der Waals surface area contributed by atoms with Crippen LogP contribution in [0.4, 0.5) is 0 Å². The van der Waals surface area contributed by atoms with Gasteiger partial charge in [-0.2, -0.15) is 0 Å². The standard InChI is InChI=1S/C5H10N/c1-2-6-4-3-5-6/h3H,2,4-5H2,1H3. The third-order valence-corrected chi connectivity index (χ3v) is 1.22. The van der Waals surface area contributed by atoms with Gasteiger partial charge in [-0.1, -0.05) is 6.92 Å². The second kappa shape index (κ2) is 1.61. The summed E-state index contributed by atoms with van der Waals surface area (Å²) in [6.07, 6.45) is 2.28. The summed E-state index contributed by atoms with van der Waals surface area (Å²) in [5, 5.41) is 0. The summed E-state index contributed by atoms with van der Waals surface area (Å²) in [5.74, 6) is 0. The highest BCUT2D eigenvalue weighted by molar-refractivity contribution is 4.84. The number of hydrogen-bond donors (Lipinski definition) is 0. The maximum Gasteiger partial charge on any atom is 0.00255 e. The van der Waals surface area contributed by atoms with Crippen LogP contribution in [-0.4, -0.2) is 24.5 Å². The van der Waals surface area contributed by atoms with Crippen LogP contribution in [0.5, 0.6) is 0 Å². The number of nitrogens with zero attached hydrogens (tertiary/aromatic N) is 1. The Morgan fingerprint density at radius 1 is 1.67 bits per heavy atom. The average molecular weight is 84.1 g/mol. The molecule has 0 atom stereocenters. The summed E-state index contributed by atoms with van der Waals surface area (Å²) in [5.41, 5.74) is 0. The fraction of sp³-hybridized carbons (Fsp3) is 0.800. The maximum absolute atomic E-state index is 2.38. The van der Waals surface area contributed by atoms with Gasteiger partial charge in [0.2, 0.25) is 0 Å². The van der Waals surface area contributed by atoms with Gasteiger partial charge in [0.25, 0.3) is 0 Å². The lowest BCUT2D eigenvalue weighted by Gasteiger charge is -2.28. The Morgan fingerprint density at radius 3 is 2.33 bits per heavy atom. The van der Waals surface area contributed by atoms with Gasteiger partial charge in [-0.3, -0.25) is 0 Å². The predicted octanol–water partition coefficient (Wildman–Crippen LogP) is 0.526. The quantitative estimate of drug-likeness (QED) is 0.448. The molecule has 1 saturated heterocycles. The molecule has 1 aliphatic heterocycles. The molecule has 0 N–H and O–H groups in total. The average Bonchev–Trinajstić information content (AvgIpc) is 1.31. The van der Waals surface area contributed by atoms with Crippen molar-refractivity contribution < 1.29 is 0 Å². The van der Waals surface area contributed by atoms with Crippen molar-refractivity contribution in [2.24, 2.45) is 0 Å². The normalized spacial score (nSPS) is 23.5.